The largest absolute Gasteiger partial charge is 0.310 e. The molecule has 58 heavy (non-hydrogen) atoms. The van der Waals surface area contributed by atoms with Gasteiger partial charge < -0.3 is 9.47 Å². The molecular formula is C56H38N2. The Kier molecular flexibility index (Phi) is 8.19. The molecule has 2 nitrogen and oxygen atoms in total. The predicted molar refractivity (Wildman–Crippen MR) is 247 cm³/mol. The van der Waals surface area contributed by atoms with Gasteiger partial charge in [-0.15, -0.1) is 0 Å². The predicted octanol–water partition coefficient (Wildman–Crippen LogP) is 15.6. The van der Waals surface area contributed by atoms with Crippen molar-refractivity contribution in [3.05, 3.63) is 231 Å². The van der Waals surface area contributed by atoms with Crippen molar-refractivity contribution < 1.29 is 0 Å². The Hall–Kier alpha value is -7.68. The molecule has 10 aromatic carbocycles. The zero-order valence-corrected chi connectivity index (χ0v) is 31.8. The van der Waals surface area contributed by atoms with Crippen LogP contribution in [0.3, 0.4) is 0 Å². The van der Waals surface area contributed by atoms with Crippen LogP contribution in [0.2, 0.25) is 0 Å². The van der Waals surface area contributed by atoms with Crippen molar-refractivity contribution in [2.75, 3.05) is 4.90 Å². The van der Waals surface area contributed by atoms with Gasteiger partial charge in [0.15, 0.2) is 0 Å². The van der Waals surface area contributed by atoms with E-state index in [1.807, 2.05) is 0 Å². The SMILES string of the molecule is c1ccc(-c2ccc3c4c(-c5cccc(N(c6ccc7c(ccc8ccccc87)c6)c6ccccc6-c6ccccc6)c5)cccc4n(-c4ccccc4)c3c2)cc1. The lowest BCUT2D eigenvalue weighted by atomic mass is 9.96. The molecule has 0 saturated heterocycles. The van der Waals surface area contributed by atoms with Crippen molar-refractivity contribution in [2.45, 2.75) is 0 Å². The Labute approximate surface area is 338 Å². The van der Waals surface area contributed by atoms with Crippen LogP contribution >= 0.6 is 0 Å². The van der Waals surface area contributed by atoms with Crippen LogP contribution in [-0.2, 0) is 0 Å². The minimum atomic E-state index is 1.09. The highest BCUT2D eigenvalue weighted by molar-refractivity contribution is 6.16. The van der Waals surface area contributed by atoms with Crippen LogP contribution in [0.5, 0.6) is 0 Å². The average molecular weight is 739 g/mol. The Bertz CT molecular complexity index is 3270. The minimum absolute atomic E-state index is 1.09. The van der Waals surface area contributed by atoms with Gasteiger partial charge in [-0.05, 0) is 104 Å². The lowest BCUT2D eigenvalue weighted by Crippen LogP contribution is -2.11. The second-order valence-corrected chi connectivity index (χ2v) is 14.9. The molecule has 272 valence electrons. The van der Waals surface area contributed by atoms with E-state index in [4.69, 9.17) is 0 Å². The molecule has 0 unspecified atom stereocenters. The Morgan fingerprint density at radius 3 is 1.78 bits per heavy atom. The number of rotatable bonds is 7. The van der Waals surface area contributed by atoms with Gasteiger partial charge in [-0.2, -0.15) is 0 Å². The van der Waals surface area contributed by atoms with Gasteiger partial charge in [-0.25, -0.2) is 0 Å². The van der Waals surface area contributed by atoms with E-state index in [-0.39, 0.29) is 0 Å². The topological polar surface area (TPSA) is 8.17 Å². The number of fused-ring (bicyclic) bond motifs is 6. The third-order valence-electron chi connectivity index (χ3n) is 11.5. The molecule has 0 amide bonds. The van der Waals surface area contributed by atoms with Gasteiger partial charge in [0.2, 0.25) is 0 Å². The molecule has 2 heteroatoms. The number of benzene rings is 10. The molecule has 0 fully saturated rings. The van der Waals surface area contributed by atoms with Crippen molar-refractivity contribution in [2.24, 2.45) is 0 Å². The lowest BCUT2D eigenvalue weighted by Gasteiger charge is -2.28. The molecule has 0 atom stereocenters. The first-order valence-electron chi connectivity index (χ1n) is 19.9. The van der Waals surface area contributed by atoms with E-state index in [1.165, 1.54) is 71.2 Å². The van der Waals surface area contributed by atoms with Crippen LogP contribution in [0, 0.1) is 0 Å². The molecule has 0 N–H and O–H groups in total. The van der Waals surface area contributed by atoms with E-state index in [0.717, 1.165) is 28.3 Å². The molecule has 11 aromatic rings. The lowest BCUT2D eigenvalue weighted by molar-refractivity contribution is 1.18. The van der Waals surface area contributed by atoms with Crippen LogP contribution in [0.1, 0.15) is 0 Å². The number of anilines is 3. The molecule has 0 aliphatic carbocycles. The molecule has 1 heterocycles. The van der Waals surface area contributed by atoms with E-state index in [2.05, 4.69) is 240 Å². The molecule has 0 radical (unpaired) electrons. The molecule has 0 spiro atoms. The third kappa shape index (κ3) is 5.74. The zero-order valence-electron chi connectivity index (χ0n) is 31.8. The van der Waals surface area contributed by atoms with Crippen LogP contribution in [0.15, 0.2) is 231 Å². The molecular weight excluding hydrogens is 701 g/mol. The number of aromatic nitrogens is 1. The maximum atomic E-state index is 2.43. The van der Waals surface area contributed by atoms with Crippen molar-refractivity contribution >= 4 is 60.4 Å². The molecule has 11 rings (SSSR count). The van der Waals surface area contributed by atoms with E-state index >= 15 is 0 Å². The second kappa shape index (κ2) is 14.1. The Morgan fingerprint density at radius 1 is 0.310 bits per heavy atom. The first kappa shape index (κ1) is 33.6. The van der Waals surface area contributed by atoms with Crippen LogP contribution < -0.4 is 4.90 Å². The van der Waals surface area contributed by atoms with E-state index < -0.39 is 0 Å². The van der Waals surface area contributed by atoms with Gasteiger partial charge >= 0.3 is 0 Å². The first-order chi connectivity index (χ1) is 28.8. The van der Waals surface area contributed by atoms with E-state index in [1.54, 1.807) is 0 Å². The zero-order chi connectivity index (χ0) is 38.4. The highest BCUT2D eigenvalue weighted by atomic mass is 15.1. The van der Waals surface area contributed by atoms with Crippen molar-refractivity contribution in [3.63, 3.8) is 0 Å². The van der Waals surface area contributed by atoms with Gasteiger partial charge in [0.05, 0.1) is 16.7 Å². The summed E-state index contributed by atoms with van der Waals surface area (Å²) in [5.74, 6) is 0. The maximum absolute atomic E-state index is 2.43. The molecule has 0 aliphatic rings. The van der Waals surface area contributed by atoms with Crippen molar-refractivity contribution in [1.82, 2.24) is 4.57 Å². The highest BCUT2D eigenvalue weighted by Crippen LogP contribution is 2.45. The second-order valence-electron chi connectivity index (χ2n) is 14.9. The normalized spacial score (nSPS) is 11.4. The summed E-state index contributed by atoms with van der Waals surface area (Å²) in [6, 6.07) is 83.7. The fourth-order valence-corrected chi connectivity index (χ4v) is 8.88. The maximum Gasteiger partial charge on any atom is 0.0547 e. The summed E-state index contributed by atoms with van der Waals surface area (Å²) in [5, 5.41) is 7.45. The van der Waals surface area contributed by atoms with Gasteiger partial charge in [0, 0.05) is 33.4 Å². The van der Waals surface area contributed by atoms with Crippen LogP contribution in [0.4, 0.5) is 17.1 Å². The van der Waals surface area contributed by atoms with Gasteiger partial charge in [0.1, 0.15) is 0 Å². The summed E-state index contributed by atoms with van der Waals surface area (Å²) in [6.45, 7) is 0. The van der Waals surface area contributed by atoms with Crippen molar-refractivity contribution in [3.8, 4) is 39.1 Å². The van der Waals surface area contributed by atoms with Gasteiger partial charge in [-0.1, -0.05) is 176 Å². The fraction of sp³-hybridized carbons (Fsp3) is 0. The molecule has 0 saturated carbocycles. The Morgan fingerprint density at radius 2 is 0.931 bits per heavy atom. The molecule has 1 aromatic heterocycles. The van der Waals surface area contributed by atoms with Crippen LogP contribution in [0.25, 0.3) is 82.4 Å². The van der Waals surface area contributed by atoms with E-state index in [0.29, 0.717) is 0 Å². The molecule has 0 bridgehead atoms. The summed E-state index contributed by atoms with van der Waals surface area (Å²) in [4.78, 5) is 2.43. The standard InChI is InChI=1S/C56H38N2/c1-4-16-39(17-5-1)42-32-34-52-55(38-42)58(45-22-8-3-9-23-45)54-29-15-27-51(56(52)54)43-21-14-24-46(36-43)57(53-28-13-12-26-50(53)40-18-6-2-7-19-40)47-33-35-49-44(37-47)31-30-41-20-10-11-25-48(41)49/h1-38H. The summed E-state index contributed by atoms with van der Waals surface area (Å²) >= 11 is 0. The summed E-state index contributed by atoms with van der Waals surface area (Å²) in [7, 11) is 0. The monoisotopic (exact) mass is 738 g/mol. The quantitative estimate of drug-likeness (QED) is 0.148. The minimum Gasteiger partial charge on any atom is -0.310 e. The Balaban J connectivity index is 1.13. The summed E-state index contributed by atoms with van der Waals surface area (Å²) in [5.41, 5.74) is 14.0. The fourth-order valence-electron chi connectivity index (χ4n) is 8.88. The number of hydrogen-bond acceptors (Lipinski definition) is 1. The smallest absolute Gasteiger partial charge is 0.0547 e. The van der Waals surface area contributed by atoms with Crippen LogP contribution in [-0.4, -0.2) is 4.57 Å². The first-order valence-corrected chi connectivity index (χ1v) is 19.9. The van der Waals surface area contributed by atoms with Crippen molar-refractivity contribution in [1.29, 1.82) is 0 Å². The summed E-state index contributed by atoms with van der Waals surface area (Å²) in [6.07, 6.45) is 0. The number of nitrogens with zero attached hydrogens (tertiary/aromatic N) is 2. The third-order valence-corrected chi connectivity index (χ3v) is 11.5. The van der Waals surface area contributed by atoms with Gasteiger partial charge in [0.25, 0.3) is 0 Å². The number of hydrogen-bond donors (Lipinski definition) is 0. The number of para-hydroxylation sites is 2. The molecule has 0 aliphatic heterocycles. The van der Waals surface area contributed by atoms with Gasteiger partial charge in [-0.3, -0.25) is 0 Å². The average Bonchev–Trinajstić information content (AvgIpc) is 3.64. The highest BCUT2D eigenvalue weighted by Gasteiger charge is 2.21. The summed E-state index contributed by atoms with van der Waals surface area (Å²) < 4.78 is 2.42. The van der Waals surface area contributed by atoms with E-state index in [9.17, 15) is 0 Å².